The molecule has 0 radical (unpaired) electrons. The Morgan fingerprint density at radius 1 is 0.875 bits per heavy atom. The van der Waals surface area contributed by atoms with Crippen molar-refractivity contribution in [3.63, 3.8) is 0 Å². The van der Waals surface area contributed by atoms with Gasteiger partial charge in [0, 0.05) is 9.29 Å². The maximum Gasteiger partial charge on any atom is 0.321 e. The van der Waals surface area contributed by atoms with Gasteiger partial charge in [-0.3, -0.25) is 10.1 Å². The smallest absolute Gasteiger partial charge is 0.321 e. The summed E-state index contributed by atoms with van der Waals surface area (Å²) in [4.78, 5) is 23.5. The van der Waals surface area contributed by atoms with Crippen molar-refractivity contribution in [3.8, 4) is 0 Å². The molecule has 0 aliphatic rings. The van der Waals surface area contributed by atoms with Crippen LogP contribution in [0.15, 0.2) is 60.7 Å². The summed E-state index contributed by atoms with van der Waals surface area (Å²) in [5.74, 6) is -0.584. The Bertz CT molecular complexity index is 709. The summed E-state index contributed by atoms with van der Waals surface area (Å²) in [6.07, 6.45) is 0.796. The number of hydrogen-bond donors (Lipinski definition) is 3. The molecule has 0 aliphatic heterocycles. The summed E-state index contributed by atoms with van der Waals surface area (Å²) in [7, 11) is 0. The molecule has 3 N–H and O–H groups in total. The average Bonchev–Trinajstić information content (AvgIpc) is 2.61. The maximum atomic E-state index is 11.8. The first-order valence-electron chi connectivity index (χ1n) is 8.85. The minimum absolute atomic E-state index is 0.129. The predicted octanol–water partition coefficient (Wildman–Crippen LogP) is 1.89. The van der Waals surface area contributed by atoms with Gasteiger partial charge in [-0.05, 0) is 30.5 Å². The number of urea groups is 1. The summed E-state index contributed by atoms with van der Waals surface area (Å²) in [6.45, 7) is -1.63. The summed E-state index contributed by atoms with van der Waals surface area (Å²) in [5, 5.41) is 7.33. The third kappa shape index (κ3) is 7.07. The van der Waals surface area contributed by atoms with Crippen molar-refractivity contribution in [1.82, 2.24) is 16.0 Å². The van der Waals surface area contributed by atoms with Gasteiger partial charge in [-0.1, -0.05) is 60.7 Å². The zero-order valence-corrected chi connectivity index (χ0v) is 13.4. The van der Waals surface area contributed by atoms with Crippen molar-refractivity contribution in [2.45, 2.75) is 12.8 Å². The van der Waals surface area contributed by atoms with Crippen LogP contribution in [-0.4, -0.2) is 31.5 Å². The summed E-state index contributed by atoms with van der Waals surface area (Å²) in [6, 6.07) is 18.3. The minimum atomic E-state index is -1.75. The molecule has 3 amide bonds. The lowest BCUT2D eigenvalue weighted by Gasteiger charge is -2.08. The molecule has 0 saturated carbocycles. The van der Waals surface area contributed by atoms with Gasteiger partial charge >= 0.3 is 6.03 Å². The topological polar surface area (TPSA) is 70.2 Å². The van der Waals surface area contributed by atoms with Crippen molar-refractivity contribution in [1.29, 1.82) is 0 Å². The van der Waals surface area contributed by atoms with E-state index in [2.05, 4.69) is 16.0 Å². The van der Waals surface area contributed by atoms with E-state index >= 15 is 0 Å². The minimum Gasteiger partial charge on any atom is -0.337 e. The predicted molar refractivity (Wildman–Crippen MR) is 94.7 cm³/mol. The lowest BCUT2D eigenvalue weighted by molar-refractivity contribution is -0.119. The zero-order valence-electron chi connectivity index (χ0n) is 15.4. The number of aryl methyl sites for hydroxylation is 1. The molecule has 24 heavy (non-hydrogen) atoms. The molecule has 0 aliphatic carbocycles. The zero-order chi connectivity index (χ0) is 18.8. The van der Waals surface area contributed by atoms with E-state index in [-0.39, 0.29) is 13.0 Å². The molecule has 0 fully saturated rings. The van der Waals surface area contributed by atoms with Crippen molar-refractivity contribution < 1.29 is 12.3 Å². The number of carbonyl (C=O) groups is 2. The first kappa shape index (κ1) is 14.9. The van der Waals surface area contributed by atoms with Gasteiger partial charge in [0.15, 0.2) is 0 Å². The Labute approximate surface area is 145 Å². The van der Waals surface area contributed by atoms with Crippen LogP contribution in [-0.2, 0) is 17.6 Å². The molecule has 0 atom stereocenters. The van der Waals surface area contributed by atoms with Gasteiger partial charge in [0.1, 0.15) is 0 Å². The normalized spacial score (nSPS) is 12.0. The molecule has 0 bridgehead atoms. The average molecular weight is 327 g/mol. The number of benzene rings is 2. The van der Waals surface area contributed by atoms with E-state index in [1.165, 1.54) is 0 Å². The molecule has 5 nitrogen and oxygen atoms in total. The Morgan fingerprint density at radius 3 is 2.08 bits per heavy atom. The van der Waals surface area contributed by atoms with Crippen LogP contribution in [0.2, 0.25) is 0 Å². The van der Waals surface area contributed by atoms with Gasteiger partial charge in [0.05, 0.1) is 6.54 Å². The van der Waals surface area contributed by atoms with Crippen molar-refractivity contribution >= 4 is 11.9 Å². The first-order valence-corrected chi connectivity index (χ1v) is 7.85. The molecule has 0 heterocycles. The number of rotatable bonds is 8. The Hall–Kier alpha value is -2.66. The lowest BCUT2D eigenvalue weighted by atomic mass is 10.1. The van der Waals surface area contributed by atoms with Gasteiger partial charge in [-0.15, -0.1) is 0 Å². The number of amides is 3. The van der Waals surface area contributed by atoms with Gasteiger partial charge in [-0.2, -0.15) is 0 Å². The molecular formula is C19H23N3O2. The Kier molecular flexibility index (Phi) is 6.32. The third-order valence-corrected chi connectivity index (χ3v) is 3.30. The van der Waals surface area contributed by atoms with E-state index < -0.39 is 18.4 Å². The first-order chi connectivity index (χ1) is 12.4. The van der Waals surface area contributed by atoms with E-state index in [0.717, 1.165) is 11.1 Å². The van der Waals surface area contributed by atoms with Crippen LogP contribution in [0.4, 0.5) is 4.79 Å². The van der Waals surface area contributed by atoms with Crippen LogP contribution in [0.3, 0.4) is 0 Å². The fourth-order valence-corrected chi connectivity index (χ4v) is 2.08. The van der Waals surface area contributed by atoms with Gasteiger partial charge in [0.25, 0.3) is 0 Å². The van der Waals surface area contributed by atoms with Crippen molar-refractivity contribution in [2.75, 3.05) is 19.6 Å². The second kappa shape index (κ2) is 10.2. The van der Waals surface area contributed by atoms with Crippen LogP contribution >= 0.6 is 0 Å². The summed E-state index contributed by atoms with van der Waals surface area (Å²) < 4.78 is 15.8. The highest BCUT2D eigenvalue weighted by atomic mass is 16.2. The van der Waals surface area contributed by atoms with Gasteiger partial charge in [0.2, 0.25) is 5.91 Å². The van der Waals surface area contributed by atoms with Crippen LogP contribution in [0.25, 0.3) is 0 Å². The van der Waals surface area contributed by atoms with Crippen molar-refractivity contribution in [2.24, 2.45) is 0 Å². The maximum absolute atomic E-state index is 11.8. The van der Waals surface area contributed by atoms with Crippen LogP contribution < -0.4 is 16.0 Å². The van der Waals surface area contributed by atoms with Gasteiger partial charge < -0.3 is 10.6 Å². The van der Waals surface area contributed by atoms with Gasteiger partial charge in [-0.25, -0.2) is 4.79 Å². The van der Waals surface area contributed by atoms with E-state index in [9.17, 15) is 9.59 Å². The molecule has 5 heteroatoms. The van der Waals surface area contributed by atoms with E-state index in [0.29, 0.717) is 13.0 Å². The van der Waals surface area contributed by atoms with Crippen LogP contribution in [0.5, 0.6) is 0 Å². The molecule has 0 spiro atoms. The van der Waals surface area contributed by atoms with E-state index in [4.69, 9.17) is 2.74 Å². The fraction of sp³-hybridized carbons (Fsp3) is 0.263. The largest absolute Gasteiger partial charge is 0.337 e. The molecule has 2 aromatic rings. The second-order valence-corrected chi connectivity index (χ2v) is 5.23. The highest BCUT2D eigenvalue weighted by molar-refractivity contribution is 5.95. The Morgan fingerprint density at radius 2 is 1.46 bits per heavy atom. The summed E-state index contributed by atoms with van der Waals surface area (Å²) >= 11 is 0. The standard InChI is InChI=1S/C19H23N3O2/c23-18(15-20-13-11-16-7-3-1-4-8-16)22-19(24)21-14-12-17-9-5-2-6-10-17/h1-10,20H,11-15H2,(H2,21,22,23,24)/i13D2. The third-order valence-electron chi connectivity index (χ3n) is 3.30. The fourth-order valence-electron chi connectivity index (χ4n) is 2.08. The number of imide groups is 1. The Balaban J connectivity index is 1.66. The van der Waals surface area contributed by atoms with Crippen LogP contribution in [0.1, 0.15) is 13.9 Å². The monoisotopic (exact) mass is 327 g/mol. The van der Waals surface area contributed by atoms with E-state index in [1.807, 2.05) is 60.7 Å². The quantitative estimate of drug-likeness (QED) is 0.693. The molecule has 0 unspecified atom stereocenters. The molecule has 126 valence electrons. The number of nitrogens with one attached hydrogen (secondary N) is 3. The molecular weight excluding hydrogens is 302 g/mol. The highest BCUT2D eigenvalue weighted by Gasteiger charge is 2.06. The molecule has 2 aromatic carbocycles. The molecule has 0 saturated heterocycles. The summed E-state index contributed by atoms with van der Waals surface area (Å²) in [5.41, 5.74) is 1.92. The highest BCUT2D eigenvalue weighted by Crippen LogP contribution is 1.98. The van der Waals surface area contributed by atoms with E-state index in [1.54, 1.807) is 0 Å². The van der Waals surface area contributed by atoms with Crippen LogP contribution in [0, 0.1) is 0 Å². The second-order valence-electron chi connectivity index (χ2n) is 5.23. The number of carbonyl (C=O) groups excluding carboxylic acids is 2. The van der Waals surface area contributed by atoms with Crippen molar-refractivity contribution in [3.05, 3.63) is 71.8 Å². The molecule has 2 rings (SSSR count). The number of hydrogen-bond acceptors (Lipinski definition) is 3. The SMILES string of the molecule is [2H]C([2H])(Cc1ccccc1)NCC(=O)NC(=O)NCCc1ccccc1. The molecule has 0 aromatic heterocycles. The lowest BCUT2D eigenvalue weighted by Crippen LogP contribution is -2.44.